The van der Waals surface area contributed by atoms with Crippen LogP contribution >= 0.6 is 0 Å². The predicted octanol–water partition coefficient (Wildman–Crippen LogP) is 0.942. The van der Waals surface area contributed by atoms with Crippen LogP contribution in [0.2, 0.25) is 0 Å². The maximum absolute atomic E-state index is 5.58. The van der Waals surface area contributed by atoms with E-state index in [9.17, 15) is 0 Å². The van der Waals surface area contributed by atoms with Gasteiger partial charge in [-0.15, -0.1) is 0 Å². The van der Waals surface area contributed by atoms with Gasteiger partial charge in [-0.25, -0.2) is 9.97 Å². The van der Waals surface area contributed by atoms with E-state index >= 15 is 0 Å². The van der Waals surface area contributed by atoms with E-state index in [2.05, 4.69) is 15.3 Å². The molecule has 0 unspecified atom stereocenters. The van der Waals surface area contributed by atoms with Crippen LogP contribution in [0, 0.1) is 6.92 Å². The number of nitrogens with one attached hydrogen (secondary N) is 1. The van der Waals surface area contributed by atoms with Gasteiger partial charge in [-0.3, -0.25) is 0 Å². The second kappa shape index (κ2) is 2.62. The van der Waals surface area contributed by atoms with E-state index < -0.39 is 0 Å². The Kier molecular flexibility index (Phi) is 1.60. The van der Waals surface area contributed by atoms with Crippen LogP contribution in [0.15, 0.2) is 6.20 Å². The fraction of sp³-hybridized carbons (Fsp3) is 0.500. The molecule has 0 radical (unpaired) electrons. The first kappa shape index (κ1) is 7.34. The largest absolute Gasteiger partial charge is 0.396 e. The summed E-state index contributed by atoms with van der Waals surface area (Å²) in [6.07, 6.45) is 4.10. The van der Waals surface area contributed by atoms with Gasteiger partial charge < -0.3 is 11.1 Å². The third kappa shape index (κ3) is 1.47. The molecule has 1 aromatic heterocycles. The summed E-state index contributed by atoms with van der Waals surface area (Å²) in [7, 11) is 0. The number of nitrogen functional groups attached to an aromatic ring is 1. The highest BCUT2D eigenvalue weighted by Crippen LogP contribution is 2.23. The Hall–Kier alpha value is -1.32. The summed E-state index contributed by atoms with van der Waals surface area (Å²) in [6.45, 7) is 1.88. The number of nitrogens with two attached hydrogens (primary N) is 1. The molecule has 0 saturated heterocycles. The highest BCUT2D eigenvalue weighted by atomic mass is 15.1. The van der Waals surface area contributed by atoms with Crippen LogP contribution in [0.25, 0.3) is 0 Å². The van der Waals surface area contributed by atoms with Crippen LogP contribution in [0.3, 0.4) is 0 Å². The standard InChI is InChI=1S/C8H12N4/c1-5-7(9)4-10-8(11-5)12-6-2-3-6/h4,6H,2-3,9H2,1H3,(H,10,11,12). The zero-order valence-corrected chi connectivity index (χ0v) is 7.04. The highest BCUT2D eigenvalue weighted by Gasteiger charge is 2.21. The lowest BCUT2D eigenvalue weighted by atomic mass is 10.4. The molecule has 1 aliphatic carbocycles. The monoisotopic (exact) mass is 164 g/mol. The van der Waals surface area contributed by atoms with Crippen molar-refractivity contribution in [3.63, 3.8) is 0 Å². The molecule has 0 spiro atoms. The van der Waals surface area contributed by atoms with Crippen LogP contribution < -0.4 is 11.1 Å². The normalized spacial score (nSPS) is 16.1. The summed E-state index contributed by atoms with van der Waals surface area (Å²) in [4.78, 5) is 8.28. The van der Waals surface area contributed by atoms with E-state index in [1.807, 2.05) is 6.92 Å². The molecule has 12 heavy (non-hydrogen) atoms. The molecule has 0 aliphatic heterocycles. The van der Waals surface area contributed by atoms with E-state index in [1.54, 1.807) is 6.20 Å². The van der Waals surface area contributed by atoms with Crippen LogP contribution in [-0.2, 0) is 0 Å². The van der Waals surface area contributed by atoms with E-state index in [0.29, 0.717) is 17.7 Å². The first-order valence-electron chi connectivity index (χ1n) is 4.11. The minimum Gasteiger partial charge on any atom is -0.396 e. The quantitative estimate of drug-likeness (QED) is 0.682. The van der Waals surface area contributed by atoms with Gasteiger partial charge in [-0.1, -0.05) is 0 Å². The van der Waals surface area contributed by atoms with Gasteiger partial charge in [0.05, 0.1) is 17.6 Å². The van der Waals surface area contributed by atoms with Crippen molar-refractivity contribution in [2.24, 2.45) is 0 Å². The Balaban J connectivity index is 2.15. The van der Waals surface area contributed by atoms with Crippen molar-refractivity contribution < 1.29 is 0 Å². The van der Waals surface area contributed by atoms with Crippen molar-refractivity contribution >= 4 is 11.6 Å². The Bertz CT molecular complexity index is 293. The van der Waals surface area contributed by atoms with Crippen molar-refractivity contribution in [2.45, 2.75) is 25.8 Å². The number of aromatic nitrogens is 2. The maximum atomic E-state index is 5.58. The van der Waals surface area contributed by atoms with Gasteiger partial charge >= 0.3 is 0 Å². The first-order valence-corrected chi connectivity index (χ1v) is 4.11. The molecule has 3 N–H and O–H groups in total. The van der Waals surface area contributed by atoms with E-state index in [-0.39, 0.29) is 0 Å². The number of anilines is 2. The molecule has 4 heteroatoms. The van der Waals surface area contributed by atoms with Gasteiger partial charge in [0.2, 0.25) is 5.95 Å². The molecular weight excluding hydrogens is 152 g/mol. The van der Waals surface area contributed by atoms with Crippen LogP contribution in [0.1, 0.15) is 18.5 Å². The average molecular weight is 164 g/mol. The van der Waals surface area contributed by atoms with Crippen molar-refractivity contribution in [1.82, 2.24) is 9.97 Å². The smallest absolute Gasteiger partial charge is 0.223 e. The van der Waals surface area contributed by atoms with E-state index in [1.165, 1.54) is 12.8 Å². The summed E-state index contributed by atoms with van der Waals surface area (Å²) >= 11 is 0. The lowest BCUT2D eigenvalue weighted by molar-refractivity contribution is 1.03. The third-order valence-corrected chi connectivity index (χ3v) is 1.93. The molecule has 1 heterocycles. The van der Waals surface area contributed by atoms with Crippen molar-refractivity contribution in [2.75, 3.05) is 11.1 Å². The Morgan fingerprint density at radius 1 is 1.58 bits per heavy atom. The molecule has 1 aliphatic rings. The molecule has 1 fully saturated rings. The number of nitrogens with zero attached hydrogens (tertiary/aromatic N) is 2. The fourth-order valence-corrected chi connectivity index (χ4v) is 0.956. The summed E-state index contributed by atoms with van der Waals surface area (Å²) < 4.78 is 0. The van der Waals surface area contributed by atoms with Crippen molar-refractivity contribution in [3.8, 4) is 0 Å². The van der Waals surface area contributed by atoms with Gasteiger partial charge in [-0.05, 0) is 19.8 Å². The zero-order chi connectivity index (χ0) is 8.55. The lowest BCUT2D eigenvalue weighted by Crippen LogP contribution is -2.07. The second-order valence-corrected chi connectivity index (χ2v) is 3.15. The Morgan fingerprint density at radius 3 is 2.92 bits per heavy atom. The number of aryl methyl sites for hydroxylation is 1. The third-order valence-electron chi connectivity index (χ3n) is 1.93. The molecule has 0 bridgehead atoms. The lowest BCUT2D eigenvalue weighted by Gasteiger charge is -2.03. The molecule has 1 saturated carbocycles. The average Bonchev–Trinajstić information content (AvgIpc) is 2.81. The number of hydrogen-bond donors (Lipinski definition) is 2. The minimum atomic E-state index is 0.591. The second-order valence-electron chi connectivity index (χ2n) is 3.15. The van der Waals surface area contributed by atoms with Gasteiger partial charge in [0.1, 0.15) is 0 Å². The molecule has 0 atom stereocenters. The molecule has 1 aromatic rings. The van der Waals surface area contributed by atoms with Crippen LogP contribution in [0.5, 0.6) is 0 Å². The Labute approximate surface area is 71.2 Å². The molecule has 4 nitrogen and oxygen atoms in total. The number of hydrogen-bond acceptors (Lipinski definition) is 4. The van der Waals surface area contributed by atoms with Gasteiger partial charge in [-0.2, -0.15) is 0 Å². The van der Waals surface area contributed by atoms with Crippen molar-refractivity contribution in [3.05, 3.63) is 11.9 Å². The van der Waals surface area contributed by atoms with Crippen molar-refractivity contribution in [1.29, 1.82) is 0 Å². The van der Waals surface area contributed by atoms with Gasteiger partial charge in [0.25, 0.3) is 0 Å². The van der Waals surface area contributed by atoms with Crippen LogP contribution in [-0.4, -0.2) is 16.0 Å². The fourth-order valence-electron chi connectivity index (χ4n) is 0.956. The highest BCUT2D eigenvalue weighted by molar-refractivity contribution is 5.43. The van der Waals surface area contributed by atoms with E-state index in [0.717, 1.165) is 5.69 Å². The molecule has 64 valence electrons. The zero-order valence-electron chi connectivity index (χ0n) is 7.04. The minimum absolute atomic E-state index is 0.591. The summed E-state index contributed by atoms with van der Waals surface area (Å²) in [5, 5.41) is 3.21. The van der Waals surface area contributed by atoms with E-state index in [4.69, 9.17) is 5.73 Å². The summed E-state index contributed by atoms with van der Waals surface area (Å²) in [5.74, 6) is 0.698. The van der Waals surface area contributed by atoms with Crippen LogP contribution in [0.4, 0.5) is 11.6 Å². The SMILES string of the molecule is Cc1nc(NC2CC2)ncc1N. The molecular formula is C8H12N4. The molecule has 0 amide bonds. The molecule has 2 rings (SSSR count). The Morgan fingerprint density at radius 2 is 2.33 bits per heavy atom. The summed E-state index contributed by atoms with van der Waals surface area (Å²) in [6, 6.07) is 0.591. The summed E-state index contributed by atoms with van der Waals surface area (Å²) in [5.41, 5.74) is 7.07. The van der Waals surface area contributed by atoms with Gasteiger partial charge in [0.15, 0.2) is 0 Å². The maximum Gasteiger partial charge on any atom is 0.223 e. The van der Waals surface area contributed by atoms with Gasteiger partial charge in [0, 0.05) is 6.04 Å². The predicted molar refractivity (Wildman–Crippen MR) is 47.8 cm³/mol. The first-order chi connectivity index (χ1) is 5.75. The topological polar surface area (TPSA) is 63.8 Å². The molecule has 0 aromatic carbocycles. The number of rotatable bonds is 2.